The van der Waals surface area contributed by atoms with Crippen molar-refractivity contribution in [2.24, 2.45) is 5.92 Å². The number of benzene rings is 1. The second kappa shape index (κ2) is 5.78. The smallest absolute Gasteiger partial charge is 0.199 e. The molecule has 2 unspecified atom stereocenters. The highest BCUT2D eigenvalue weighted by Gasteiger charge is 2.40. The first-order valence-electron chi connectivity index (χ1n) is 6.10. The van der Waals surface area contributed by atoms with Crippen LogP contribution < -0.4 is 0 Å². The van der Waals surface area contributed by atoms with Crippen LogP contribution in [0.5, 0.6) is 0 Å². The van der Waals surface area contributed by atoms with Crippen LogP contribution in [0.15, 0.2) is 67.3 Å². The maximum atomic E-state index is 12.4. The number of Topliss-reactive ketones (excluding diaryl/α,β-unsaturated/α-hetero) is 1. The van der Waals surface area contributed by atoms with Crippen molar-refractivity contribution in [1.82, 2.24) is 0 Å². The molecule has 1 aliphatic rings. The molecule has 98 valence electrons. The molecule has 0 bridgehead atoms. The van der Waals surface area contributed by atoms with Crippen molar-refractivity contribution in [2.45, 2.75) is 5.79 Å². The van der Waals surface area contributed by atoms with Crippen LogP contribution in [0.25, 0.3) is 0 Å². The van der Waals surface area contributed by atoms with Gasteiger partial charge in [-0.1, -0.05) is 54.6 Å². The Morgan fingerprint density at radius 1 is 1.37 bits per heavy atom. The molecule has 0 aromatic heterocycles. The summed E-state index contributed by atoms with van der Waals surface area (Å²) < 4.78 is 5.35. The van der Waals surface area contributed by atoms with Crippen LogP contribution in [0.3, 0.4) is 0 Å². The number of carbonyl (C=O) groups is 1. The Labute approximate surface area is 112 Å². The fourth-order valence-corrected chi connectivity index (χ4v) is 2.00. The Morgan fingerprint density at radius 3 is 2.79 bits per heavy atom. The summed E-state index contributed by atoms with van der Waals surface area (Å²) in [6, 6.07) is 8.87. The number of aliphatic hydroxyl groups is 1. The van der Waals surface area contributed by atoms with Crippen molar-refractivity contribution in [2.75, 3.05) is 6.61 Å². The van der Waals surface area contributed by atoms with Gasteiger partial charge in [-0.05, 0) is 6.08 Å². The summed E-state index contributed by atoms with van der Waals surface area (Å²) in [5, 5.41) is 10.5. The summed E-state index contributed by atoms with van der Waals surface area (Å²) >= 11 is 0. The van der Waals surface area contributed by atoms with E-state index in [2.05, 4.69) is 6.58 Å². The van der Waals surface area contributed by atoms with E-state index in [1.165, 1.54) is 12.2 Å². The van der Waals surface area contributed by atoms with Gasteiger partial charge < -0.3 is 9.84 Å². The minimum absolute atomic E-state index is 0.173. The van der Waals surface area contributed by atoms with Crippen LogP contribution in [0.2, 0.25) is 0 Å². The zero-order valence-electron chi connectivity index (χ0n) is 10.5. The summed E-state index contributed by atoms with van der Waals surface area (Å²) in [5.41, 5.74) is 0.549. The maximum Gasteiger partial charge on any atom is 0.199 e. The van der Waals surface area contributed by atoms with Crippen molar-refractivity contribution in [3.63, 3.8) is 0 Å². The number of ether oxygens (including phenoxy) is 1. The van der Waals surface area contributed by atoms with Crippen LogP contribution in [0, 0.1) is 5.92 Å². The van der Waals surface area contributed by atoms with Gasteiger partial charge in [0.2, 0.25) is 0 Å². The fraction of sp³-hybridized carbons (Fsp3) is 0.188. The van der Waals surface area contributed by atoms with E-state index in [0.29, 0.717) is 5.56 Å². The molecule has 3 heteroatoms. The number of allylic oxidation sites excluding steroid dienone is 2. The lowest BCUT2D eigenvalue weighted by Gasteiger charge is -2.32. The van der Waals surface area contributed by atoms with Crippen LogP contribution in [-0.2, 0) is 4.74 Å². The third kappa shape index (κ3) is 2.89. The average molecular weight is 256 g/mol. The van der Waals surface area contributed by atoms with E-state index in [1.807, 2.05) is 6.07 Å². The highest BCUT2D eigenvalue weighted by Crippen LogP contribution is 2.29. The van der Waals surface area contributed by atoms with Crippen LogP contribution in [-0.4, -0.2) is 23.3 Å². The van der Waals surface area contributed by atoms with Crippen molar-refractivity contribution in [3.8, 4) is 0 Å². The molecule has 0 amide bonds. The molecule has 0 spiro atoms. The monoisotopic (exact) mass is 256 g/mol. The molecule has 0 saturated heterocycles. The quantitative estimate of drug-likeness (QED) is 0.500. The van der Waals surface area contributed by atoms with Gasteiger partial charge in [-0.15, -0.1) is 6.58 Å². The lowest BCUT2D eigenvalue weighted by atomic mass is 9.86. The number of hydrogen-bond acceptors (Lipinski definition) is 3. The number of carbonyl (C=O) groups excluding carboxylic acids is 1. The van der Waals surface area contributed by atoms with Crippen LogP contribution in [0.4, 0.5) is 0 Å². The van der Waals surface area contributed by atoms with E-state index in [-0.39, 0.29) is 12.4 Å². The van der Waals surface area contributed by atoms with Gasteiger partial charge in [0.05, 0.1) is 12.5 Å². The Morgan fingerprint density at radius 2 is 2.11 bits per heavy atom. The Kier molecular flexibility index (Phi) is 4.10. The van der Waals surface area contributed by atoms with Crippen molar-refractivity contribution in [1.29, 1.82) is 0 Å². The minimum Gasteiger partial charge on any atom is -0.361 e. The molecule has 0 aliphatic heterocycles. The molecule has 0 saturated carbocycles. The summed E-state index contributed by atoms with van der Waals surface area (Å²) in [7, 11) is 0. The number of rotatable bonds is 5. The lowest BCUT2D eigenvalue weighted by Crippen LogP contribution is -2.43. The van der Waals surface area contributed by atoms with Gasteiger partial charge in [0.25, 0.3) is 0 Å². The van der Waals surface area contributed by atoms with Crippen molar-refractivity contribution < 1.29 is 14.6 Å². The summed E-state index contributed by atoms with van der Waals surface area (Å²) in [6.07, 6.45) is 8.07. The van der Waals surface area contributed by atoms with E-state index in [1.54, 1.807) is 42.5 Å². The number of hydrogen-bond donors (Lipinski definition) is 1. The first kappa shape index (κ1) is 13.5. The summed E-state index contributed by atoms with van der Waals surface area (Å²) in [5.74, 6) is -2.54. The highest BCUT2D eigenvalue weighted by atomic mass is 16.6. The maximum absolute atomic E-state index is 12.4. The second-order valence-corrected chi connectivity index (χ2v) is 4.30. The minimum atomic E-state index is -1.62. The molecule has 1 aromatic carbocycles. The lowest BCUT2D eigenvalue weighted by molar-refractivity contribution is -0.174. The van der Waals surface area contributed by atoms with Gasteiger partial charge in [0.15, 0.2) is 11.6 Å². The van der Waals surface area contributed by atoms with Crippen LogP contribution >= 0.6 is 0 Å². The van der Waals surface area contributed by atoms with E-state index < -0.39 is 11.7 Å². The first-order valence-corrected chi connectivity index (χ1v) is 6.10. The van der Waals surface area contributed by atoms with Gasteiger partial charge in [-0.25, -0.2) is 0 Å². The van der Waals surface area contributed by atoms with Gasteiger partial charge >= 0.3 is 0 Å². The SMILES string of the molecule is C=CCOC1(O)C=CC=CC1C(=O)c1ccccc1. The standard InChI is InChI=1S/C16H16O3/c1-2-12-19-16(18)11-7-6-10-14(16)15(17)13-8-4-3-5-9-13/h2-11,14,18H,1,12H2. The van der Waals surface area contributed by atoms with E-state index in [4.69, 9.17) is 4.74 Å². The topological polar surface area (TPSA) is 46.5 Å². The van der Waals surface area contributed by atoms with Crippen LogP contribution in [0.1, 0.15) is 10.4 Å². The zero-order chi connectivity index (χ0) is 13.7. The predicted molar refractivity (Wildman–Crippen MR) is 73.6 cm³/mol. The third-order valence-corrected chi connectivity index (χ3v) is 2.97. The molecule has 1 aromatic rings. The van der Waals surface area contributed by atoms with E-state index >= 15 is 0 Å². The van der Waals surface area contributed by atoms with Gasteiger partial charge in [-0.2, -0.15) is 0 Å². The molecule has 0 fully saturated rings. The van der Waals surface area contributed by atoms with E-state index in [0.717, 1.165) is 0 Å². The molecule has 0 radical (unpaired) electrons. The predicted octanol–water partition coefficient (Wildman–Crippen LogP) is 2.50. The van der Waals surface area contributed by atoms with Crippen molar-refractivity contribution >= 4 is 5.78 Å². The largest absolute Gasteiger partial charge is 0.361 e. The normalized spacial score (nSPS) is 25.2. The van der Waals surface area contributed by atoms with Crippen molar-refractivity contribution in [3.05, 3.63) is 72.9 Å². The molecule has 0 heterocycles. The Bertz CT molecular complexity index is 516. The van der Waals surface area contributed by atoms with Gasteiger partial charge in [0, 0.05) is 5.56 Å². The molecular weight excluding hydrogens is 240 g/mol. The van der Waals surface area contributed by atoms with Gasteiger partial charge in [0.1, 0.15) is 0 Å². The first-order chi connectivity index (χ1) is 9.17. The molecule has 1 N–H and O–H groups in total. The van der Waals surface area contributed by atoms with Gasteiger partial charge in [-0.3, -0.25) is 4.79 Å². The Hall–Kier alpha value is -1.97. The summed E-state index contributed by atoms with van der Waals surface area (Å²) in [6.45, 7) is 3.71. The summed E-state index contributed by atoms with van der Waals surface area (Å²) in [4.78, 5) is 12.4. The number of ketones is 1. The molecule has 2 rings (SSSR count). The van der Waals surface area contributed by atoms with E-state index in [9.17, 15) is 9.90 Å². The second-order valence-electron chi connectivity index (χ2n) is 4.30. The average Bonchev–Trinajstić information content (AvgIpc) is 2.46. The molecule has 1 aliphatic carbocycles. The molecule has 2 atom stereocenters. The molecular formula is C16H16O3. The fourth-order valence-electron chi connectivity index (χ4n) is 2.00. The molecule has 3 nitrogen and oxygen atoms in total. The highest BCUT2D eigenvalue weighted by molar-refractivity contribution is 5.99. The Balaban J connectivity index is 2.26. The third-order valence-electron chi connectivity index (χ3n) is 2.97. The molecule has 19 heavy (non-hydrogen) atoms. The zero-order valence-corrected chi connectivity index (χ0v) is 10.5.